The van der Waals surface area contributed by atoms with Crippen LogP contribution >= 0.6 is 0 Å². The second kappa shape index (κ2) is 5.12. The van der Waals surface area contributed by atoms with Gasteiger partial charge in [0.05, 0.1) is 0 Å². The average Bonchev–Trinajstić information content (AvgIpc) is 2.39. The molecule has 1 saturated heterocycles. The Morgan fingerprint density at radius 2 is 2.44 bits per heavy atom. The van der Waals surface area contributed by atoms with E-state index >= 15 is 0 Å². The van der Waals surface area contributed by atoms with E-state index in [-0.39, 0.29) is 6.61 Å². The molecule has 0 aliphatic carbocycles. The van der Waals surface area contributed by atoms with Gasteiger partial charge in [-0.05, 0) is 18.8 Å². The second-order valence-electron chi connectivity index (χ2n) is 4.15. The van der Waals surface area contributed by atoms with Gasteiger partial charge in [-0.1, -0.05) is 0 Å². The van der Waals surface area contributed by atoms with Crippen LogP contribution in [0.25, 0.3) is 0 Å². The second-order valence-corrected chi connectivity index (χ2v) is 4.15. The fourth-order valence-electron chi connectivity index (χ4n) is 2.08. The predicted octanol–water partition coefficient (Wildman–Crippen LogP) is 0.727. The lowest BCUT2D eigenvalue weighted by molar-refractivity contribution is 0.208. The summed E-state index contributed by atoms with van der Waals surface area (Å²) in [4.78, 5) is 10.6. The zero-order valence-electron chi connectivity index (χ0n) is 9.56. The van der Waals surface area contributed by atoms with E-state index in [9.17, 15) is 5.11 Å². The number of aromatic nitrogens is 2. The monoisotopic (exact) mass is 222 g/mol. The van der Waals surface area contributed by atoms with Gasteiger partial charge < -0.3 is 15.3 Å². The SMILES string of the molecule is CNc1cc(N2CCCC(CO)C2)ncn1. The van der Waals surface area contributed by atoms with Gasteiger partial charge in [0.25, 0.3) is 0 Å². The van der Waals surface area contributed by atoms with Crippen LogP contribution in [0.5, 0.6) is 0 Å². The lowest BCUT2D eigenvalue weighted by Crippen LogP contribution is -2.37. The third-order valence-corrected chi connectivity index (χ3v) is 3.01. The Bertz CT molecular complexity index is 345. The lowest BCUT2D eigenvalue weighted by Gasteiger charge is -2.32. The molecule has 2 N–H and O–H groups in total. The molecule has 1 aromatic heterocycles. The third-order valence-electron chi connectivity index (χ3n) is 3.01. The standard InChI is InChI=1S/C11H18N4O/c1-12-10-5-11(14-8-13-10)15-4-2-3-9(6-15)7-16/h5,8-9,16H,2-4,6-7H2,1H3,(H,12,13,14). The first-order valence-electron chi connectivity index (χ1n) is 5.69. The highest BCUT2D eigenvalue weighted by Gasteiger charge is 2.20. The fourth-order valence-corrected chi connectivity index (χ4v) is 2.08. The highest BCUT2D eigenvalue weighted by atomic mass is 16.3. The van der Waals surface area contributed by atoms with Crippen molar-refractivity contribution in [2.75, 3.05) is 37.0 Å². The first-order chi connectivity index (χ1) is 7.83. The molecule has 0 spiro atoms. The number of rotatable bonds is 3. The Morgan fingerprint density at radius 1 is 1.56 bits per heavy atom. The lowest BCUT2D eigenvalue weighted by atomic mass is 9.99. The van der Waals surface area contributed by atoms with Crippen molar-refractivity contribution < 1.29 is 5.11 Å². The molecular weight excluding hydrogens is 204 g/mol. The molecule has 1 atom stereocenters. The number of anilines is 2. The minimum atomic E-state index is 0.264. The van der Waals surface area contributed by atoms with Crippen LogP contribution < -0.4 is 10.2 Å². The summed E-state index contributed by atoms with van der Waals surface area (Å²) in [5.74, 6) is 2.15. The molecule has 5 nitrogen and oxygen atoms in total. The van der Waals surface area contributed by atoms with Gasteiger partial charge in [-0.15, -0.1) is 0 Å². The summed E-state index contributed by atoms with van der Waals surface area (Å²) in [5.41, 5.74) is 0. The van der Waals surface area contributed by atoms with Crippen LogP contribution in [0.3, 0.4) is 0 Å². The first-order valence-corrected chi connectivity index (χ1v) is 5.69. The van der Waals surface area contributed by atoms with Crippen LogP contribution in [0.4, 0.5) is 11.6 Å². The molecule has 0 aromatic carbocycles. The van der Waals surface area contributed by atoms with Crippen LogP contribution in [0, 0.1) is 5.92 Å². The van der Waals surface area contributed by atoms with Gasteiger partial charge in [0, 0.05) is 32.8 Å². The van der Waals surface area contributed by atoms with Gasteiger partial charge in [0.15, 0.2) is 0 Å². The number of hydrogen-bond acceptors (Lipinski definition) is 5. The predicted molar refractivity (Wildman–Crippen MR) is 63.6 cm³/mol. The maximum atomic E-state index is 9.18. The first kappa shape index (κ1) is 11.1. The normalized spacial score (nSPS) is 20.9. The third kappa shape index (κ3) is 2.41. The number of aliphatic hydroxyl groups is 1. The highest BCUT2D eigenvalue weighted by molar-refractivity contribution is 5.48. The molecule has 5 heteroatoms. The molecule has 0 bridgehead atoms. The minimum absolute atomic E-state index is 0.264. The Kier molecular flexibility index (Phi) is 3.56. The smallest absolute Gasteiger partial charge is 0.134 e. The molecule has 16 heavy (non-hydrogen) atoms. The molecule has 0 amide bonds. The fraction of sp³-hybridized carbons (Fsp3) is 0.636. The maximum Gasteiger partial charge on any atom is 0.134 e. The highest BCUT2D eigenvalue weighted by Crippen LogP contribution is 2.22. The van der Waals surface area contributed by atoms with Crippen molar-refractivity contribution in [3.05, 3.63) is 12.4 Å². The van der Waals surface area contributed by atoms with E-state index in [4.69, 9.17) is 0 Å². The largest absolute Gasteiger partial charge is 0.396 e. The quantitative estimate of drug-likeness (QED) is 0.789. The Morgan fingerprint density at radius 3 is 3.19 bits per heavy atom. The number of aliphatic hydroxyl groups excluding tert-OH is 1. The molecule has 1 unspecified atom stereocenters. The molecule has 0 radical (unpaired) electrons. The van der Waals surface area contributed by atoms with Gasteiger partial charge in [-0.3, -0.25) is 0 Å². The summed E-state index contributed by atoms with van der Waals surface area (Å²) in [7, 11) is 1.85. The van der Waals surface area contributed by atoms with Crippen LogP contribution in [-0.2, 0) is 0 Å². The minimum Gasteiger partial charge on any atom is -0.396 e. The van der Waals surface area contributed by atoms with Crippen molar-refractivity contribution in [2.24, 2.45) is 5.92 Å². The van der Waals surface area contributed by atoms with Gasteiger partial charge >= 0.3 is 0 Å². The van der Waals surface area contributed by atoms with E-state index in [1.165, 1.54) is 0 Å². The van der Waals surface area contributed by atoms with Crippen LogP contribution in [0.2, 0.25) is 0 Å². The van der Waals surface area contributed by atoms with Crippen molar-refractivity contribution in [3.63, 3.8) is 0 Å². The summed E-state index contributed by atoms with van der Waals surface area (Å²) in [6.07, 6.45) is 3.80. The molecule has 1 fully saturated rings. The van der Waals surface area contributed by atoms with Gasteiger partial charge in [-0.2, -0.15) is 0 Å². The molecule has 1 aliphatic heterocycles. The Labute approximate surface area is 95.5 Å². The molecule has 1 aromatic rings. The molecule has 2 heterocycles. The van der Waals surface area contributed by atoms with Gasteiger partial charge in [-0.25, -0.2) is 9.97 Å². The number of piperidine rings is 1. The van der Waals surface area contributed by atoms with Crippen molar-refractivity contribution in [3.8, 4) is 0 Å². The summed E-state index contributed by atoms with van der Waals surface area (Å²) >= 11 is 0. The van der Waals surface area contributed by atoms with E-state index < -0.39 is 0 Å². The summed E-state index contributed by atoms with van der Waals surface area (Å²) in [5, 5.41) is 12.2. The van der Waals surface area contributed by atoms with E-state index in [1.807, 2.05) is 13.1 Å². The Hall–Kier alpha value is -1.36. The summed E-state index contributed by atoms with van der Waals surface area (Å²) < 4.78 is 0. The van der Waals surface area contributed by atoms with E-state index in [0.717, 1.165) is 37.6 Å². The maximum absolute atomic E-state index is 9.18. The summed E-state index contributed by atoms with van der Waals surface area (Å²) in [6.45, 7) is 2.16. The van der Waals surface area contributed by atoms with Crippen LogP contribution in [0.1, 0.15) is 12.8 Å². The van der Waals surface area contributed by atoms with Gasteiger partial charge in [0.1, 0.15) is 18.0 Å². The van der Waals surface area contributed by atoms with E-state index in [1.54, 1.807) is 6.33 Å². The van der Waals surface area contributed by atoms with Gasteiger partial charge in [0.2, 0.25) is 0 Å². The van der Waals surface area contributed by atoms with Crippen molar-refractivity contribution in [1.82, 2.24) is 9.97 Å². The summed E-state index contributed by atoms with van der Waals surface area (Å²) in [6, 6.07) is 1.94. The number of nitrogens with one attached hydrogen (secondary N) is 1. The number of nitrogens with zero attached hydrogens (tertiary/aromatic N) is 3. The Balaban J connectivity index is 2.10. The zero-order valence-corrected chi connectivity index (χ0v) is 9.56. The van der Waals surface area contributed by atoms with Crippen LogP contribution in [-0.4, -0.2) is 41.8 Å². The topological polar surface area (TPSA) is 61.3 Å². The van der Waals surface area contributed by atoms with Crippen molar-refractivity contribution in [1.29, 1.82) is 0 Å². The molecule has 1 aliphatic rings. The molecule has 2 rings (SSSR count). The van der Waals surface area contributed by atoms with Crippen molar-refractivity contribution >= 4 is 11.6 Å². The van der Waals surface area contributed by atoms with Crippen LogP contribution in [0.15, 0.2) is 12.4 Å². The zero-order chi connectivity index (χ0) is 11.4. The number of hydrogen-bond donors (Lipinski definition) is 2. The molecule has 88 valence electrons. The van der Waals surface area contributed by atoms with E-state index in [0.29, 0.717) is 5.92 Å². The average molecular weight is 222 g/mol. The van der Waals surface area contributed by atoms with E-state index in [2.05, 4.69) is 20.2 Å². The van der Waals surface area contributed by atoms with Crippen molar-refractivity contribution in [2.45, 2.75) is 12.8 Å². The molecule has 0 saturated carbocycles. The molecular formula is C11H18N4O.